The zero-order chi connectivity index (χ0) is 11.8. The van der Waals surface area contributed by atoms with Crippen molar-refractivity contribution in [1.82, 2.24) is 9.78 Å². The highest BCUT2D eigenvalue weighted by Gasteiger charge is 1.99. The second-order valence-corrected chi connectivity index (χ2v) is 3.76. The molecule has 0 aromatic carbocycles. The van der Waals surface area contributed by atoms with E-state index in [0.29, 0.717) is 6.61 Å². The van der Waals surface area contributed by atoms with Crippen molar-refractivity contribution >= 4 is 6.08 Å². The number of hydrogen-bond acceptors (Lipinski definition) is 3. The van der Waals surface area contributed by atoms with E-state index >= 15 is 0 Å². The summed E-state index contributed by atoms with van der Waals surface area (Å²) < 4.78 is 7.09. The van der Waals surface area contributed by atoms with E-state index in [-0.39, 0.29) is 0 Å². The fourth-order valence-electron chi connectivity index (χ4n) is 1.56. The third-order valence-electron chi connectivity index (χ3n) is 2.38. The Labute approximate surface area is 97.1 Å². The van der Waals surface area contributed by atoms with Crippen LogP contribution in [0, 0.1) is 0 Å². The van der Waals surface area contributed by atoms with Crippen LogP contribution in [0.15, 0.2) is 18.0 Å². The molecule has 0 aliphatic rings. The summed E-state index contributed by atoms with van der Waals surface area (Å²) in [5.41, 5.74) is 7.91. The highest BCUT2D eigenvalue weighted by molar-refractivity contribution is 5.51. The van der Waals surface area contributed by atoms with Gasteiger partial charge in [0.25, 0.3) is 0 Å². The summed E-state index contributed by atoms with van der Waals surface area (Å²) in [4.78, 5) is 0. The van der Waals surface area contributed by atoms with E-state index in [9.17, 15) is 0 Å². The summed E-state index contributed by atoms with van der Waals surface area (Å²) in [7, 11) is 1.71. The van der Waals surface area contributed by atoms with Crippen LogP contribution < -0.4 is 5.73 Å². The van der Waals surface area contributed by atoms with Crippen molar-refractivity contribution in [3.05, 3.63) is 23.5 Å². The van der Waals surface area contributed by atoms with Crippen molar-refractivity contribution < 1.29 is 4.74 Å². The SMILES string of the molecule is CCn1cc(/C=C(/CCCN)COC)cn1. The van der Waals surface area contributed by atoms with Gasteiger partial charge < -0.3 is 10.5 Å². The molecule has 1 rings (SSSR count). The van der Waals surface area contributed by atoms with E-state index in [1.165, 1.54) is 5.57 Å². The van der Waals surface area contributed by atoms with Crippen molar-refractivity contribution in [3.63, 3.8) is 0 Å². The maximum absolute atomic E-state index is 5.51. The molecule has 0 fully saturated rings. The van der Waals surface area contributed by atoms with Crippen LogP contribution in [0.4, 0.5) is 0 Å². The number of rotatable bonds is 7. The normalized spacial score (nSPS) is 12.1. The number of aryl methyl sites for hydroxylation is 1. The van der Waals surface area contributed by atoms with Crippen molar-refractivity contribution in [1.29, 1.82) is 0 Å². The topological polar surface area (TPSA) is 53.1 Å². The Hall–Kier alpha value is -1.13. The van der Waals surface area contributed by atoms with Crippen LogP contribution in [-0.2, 0) is 11.3 Å². The monoisotopic (exact) mass is 223 g/mol. The third kappa shape index (κ3) is 4.16. The molecular formula is C12H21N3O. The molecule has 0 atom stereocenters. The highest BCUT2D eigenvalue weighted by atomic mass is 16.5. The Morgan fingerprint density at radius 1 is 1.62 bits per heavy atom. The lowest BCUT2D eigenvalue weighted by Gasteiger charge is -2.04. The average molecular weight is 223 g/mol. The third-order valence-corrected chi connectivity index (χ3v) is 2.38. The molecule has 2 N–H and O–H groups in total. The Kier molecular flexibility index (Phi) is 5.82. The summed E-state index contributed by atoms with van der Waals surface area (Å²) >= 11 is 0. The first-order valence-corrected chi connectivity index (χ1v) is 5.71. The molecule has 4 heteroatoms. The number of aromatic nitrogens is 2. The van der Waals surface area contributed by atoms with E-state index in [2.05, 4.69) is 18.1 Å². The molecule has 0 amide bonds. The van der Waals surface area contributed by atoms with Gasteiger partial charge in [0.15, 0.2) is 0 Å². The van der Waals surface area contributed by atoms with Gasteiger partial charge in [0.1, 0.15) is 0 Å². The molecule has 0 bridgehead atoms. The minimum atomic E-state index is 0.664. The number of hydrogen-bond donors (Lipinski definition) is 1. The van der Waals surface area contributed by atoms with Gasteiger partial charge in [-0.25, -0.2) is 0 Å². The van der Waals surface area contributed by atoms with E-state index in [1.54, 1.807) is 7.11 Å². The molecule has 90 valence electrons. The molecule has 0 aliphatic carbocycles. The largest absolute Gasteiger partial charge is 0.380 e. The fraction of sp³-hybridized carbons (Fsp3) is 0.583. The first kappa shape index (κ1) is 12.9. The molecule has 0 spiro atoms. The van der Waals surface area contributed by atoms with Crippen LogP contribution in [0.5, 0.6) is 0 Å². The zero-order valence-electron chi connectivity index (χ0n) is 10.1. The quantitative estimate of drug-likeness (QED) is 0.765. The van der Waals surface area contributed by atoms with Crippen LogP contribution in [0.3, 0.4) is 0 Å². The molecule has 1 aromatic rings. The summed E-state index contributed by atoms with van der Waals surface area (Å²) in [6.07, 6.45) is 8.04. The second kappa shape index (κ2) is 7.19. The van der Waals surface area contributed by atoms with E-state index in [0.717, 1.165) is 31.5 Å². The van der Waals surface area contributed by atoms with Gasteiger partial charge in [-0.05, 0) is 31.9 Å². The van der Waals surface area contributed by atoms with Gasteiger partial charge >= 0.3 is 0 Å². The van der Waals surface area contributed by atoms with E-state index in [4.69, 9.17) is 10.5 Å². The molecule has 1 aromatic heterocycles. The van der Waals surface area contributed by atoms with Gasteiger partial charge in [0.05, 0.1) is 12.8 Å². The number of methoxy groups -OCH3 is 1. The minimum Gasteiger partial charge on any atom is -0.380 e. The summed E-state index contributed by atoms with van der Waals surface area (Å²) in [5.74, 6) is 0. The summed E-state index contributed by atoms with van der Waals surface area (Å²) in [6, 6.07) is 0. The molecule has 4 nitrogen and oxygen atoms in total. The molecule has 0 saturated carbocycles. The van der Waals surface area contributed by atoms with Crippen LogP contribution in [-0.4, -0.2) is 30.0 Å². The number of ether oxygens (including phenoxy) is 1. The van der Waals surface area contributed by atoms with Gasteiger partial charge in [0.2, 0.25) is 0 Å². The van der Waals surface area contributed by atoms with Crippen LogP contribution in [0.2, 0.25) is 0 Å². The predicted octanol–water partition coefficient (Wildman–Crippen LogP) is 1.67. The van der Waals surface area contributed by atoms with Gasteiger partial charge in [-0.3, -0.25) is 4.68 Å². The lowest BCUT2D eigenvalue weighted by atomic mass is 10.1. The van der Waals surface area contributed by atoms with Crippen LogP contribution >= 0.6 is 0 Å². The summed E-state index contributed by atoms with van der Waals surface area (Å²) in [5, 5.41) is 4.23. The molecular weight excluding hydrogens is 202 g/mol. The van der Waals surface area contributed by atoms with E-state index < -0.39 is 0 Å². The molecule has 0 aliphatic heterocycles. The van der Waals surface area contributed by atoms with Crippen molar-refractivity contribution in [3.8, 4) is 0 Å². The fourth-order valence-corrected chi connectivity index (χ4v) is 1.56. The van der Waals surface area contributed by atoms with Gasteiger partial charge in [-0.2, -0.15) is 5.10 Å². The zero-order valence-corrected chi connectivity index (χ0v) is 10.1. The first-order valence-electron chi connectivity index (χ1n) is 5.71. The lowest BCUT2D eigenvalue weighted by Crippen LogP contribution is -2.01. The van der Waals surface area contributed by atoms with Crippen molar-refractivity contribution in [2.75, 3.05) is 20.3 Å². The molecule has 0 unspecified atom stereocenters. The van der Waals surface area contributed by atoms with Crippen LogP contribution in [0.1, 0.15) is 25.3 Å². The maximum Gasteiger partial charge on any atom is 0.0676 e. The number of nitrogens with two attached hydrogens (primary N) is 1. The average Bonchev–Trinajstić information content (AvgIpc) is 2.74. The number of nitrogens with zero attached hydrogens (tertiary/aromatic N) is 2. The highest BCUT2D eigenvalue weighted by Crippen LogP contribution is 2.11. The van der Waals surface area contributed by atoms with Crippen molar-refractivity contribution in [2.24, 2.45) is 5.73 Å². The molecule has 16 heavy (non-hydrogen) atoms. The molecule has 0 saturated heterocycles. The van der Waals surface area contributed by atoms with E-state index in [1.807, 2.05) is 17.1 Å². The Morgan fingerprint density at radius 3 is 3.00 bits per heavy atom. The Morgan fingerprint density at radius 2 is 2.44 bits per heavy atom. The predicted molar refractivity (Wildman–Crippen MR) is 66.0 cm³/mol. The molecule has 1 heterocycles. The standard InChI is InChI=1S/C12H21N3O/c1-3-15-9-12(8-14-15)7-11(10-16-2)5-4-6-13/h7-9H,3-6,10,13H2,1-2H3/b11-7-. The summed E-state index contributed by atoms with van der Waals surface area (Å²) in [6.45, 7) is 4.35. The van der Waals surface area contributed by atoms with Crippen molar-refractivity contribution in [2.45, 2.75) is 26.3 Å². The second-order valence-electron chi connectivity index (χ2n) is 3.76. The van der Waals surface area contributed by atoms with Gasteiger partial charge in [0, 0.05) is 25.4 Å². The Bertz CT molecular complexity index is 331. The lowest BCUT2D eigenvalue weighted by molar-refractivity contribution is 0.223. The smallest absolute Gasteiger partial charge is 0.0676 e. The maximum atomic E-state index is 5.51. The van der Waals surface area contributed by atoms with Gasteiger partial charge in [-0.15, -0.1) is 0 Å². The molecule has 0 radical (unpaired) electrons. The minimum absolute atomic E-state index is 0.664. The first-order chi connectivity index (χ1) is 7.80. The Balaban J connectivity index is 2.67. The van der Waals surface area contributed by atoms with Gasteiger partial charge in [-0.1, -0.05) is 6.08 Å². The van der Waals surface area contributed by atoms with Crippen LogP contribution in [0.25, 0.3) is 6.08 Å².